The number of rotatable bonds is 6. The highest BCUT2D eigenvalue weighted by Gasteiger charge is 2.12. The number of amides is 1. The SMILES string of the molecule is Cc1cccc(-c2n[nH]c(=S)n2CCC(=O)Nc2ccc(-c3cn4ccsc4n3)cc2)c1. The van der Waals surface area contributed by atoms with Gasteiger partial charge in [-0.15, -0.1) is 11.3 Å². The van der Waals surface area contributed by atoms with Crippen LogP contribution in [0.2, 0.25) is 0 Å². The standard InChI is InChI=1S/C23H20N6OS2/c1-15-3-2-4-17(13-15)21-26-27-22(31)29(21)10-9-20(30)24-18-7-5-16(6-8-18)19-14-28-11-12-32-23(28)25-19/h2-8,11-14H,9-10H2,1H3,(H,24,30)(H,27,31). The Hall–Kier alpha value is -3.56. The van der Waals surface area contributed by atoms with Crippen molar-refractivity contribution in [2.75, 3.05) is 5.32 Å². The minimum atomic E-state index is -0.0847. The van der Waals surface area contributed by atoms with Crippen molar-refractivity contribution in [2.24, 2.45) is 0 Å². The van der Waals surface area contributed by atoms with E-state index in [2.05, 4.69) is 20.5 Å². The zero-order chi connectivity index (χ0) is 22.1. The van der Waals surface area contributed by atoms with Crippen molar-refractivity contribution in [1.29, 1.82) is 0 Å². The van der Waals surface area contributed by atoms with Gasteiger partial charge in [0.15, 0.2) is 15.6 Å². The summed E-state index contributed by atoms with van der Waals surface area (Å²) in [7, 11) is 0. The summed E-state index contributed by atoms with van der Waals surface area (Å²) in [5.74, 6) is 0.648. The molecule has 0 atom stereocenters. The lowest BCUT2D eigenvalue weighted by atomic mass is 10.1. The number of benzene rings is 2. The number of nitrogens with one attached hydrogen (secondary N) is 2. The number of fused-ring (bicyclic) bond motifs is 1. The Morgan fingerprint density at radius 1 is 1.19 bits per heavy atom. The average Bonchev–Trinajstić information content (AvgIpc) is 3.48. The Labute approximate surface area is 193 Å². The minimum Gasteiger partial charge on any atom is -0.326 e. The van der Waals surface area contributed by atoms with Crippen molar-refractivity contribution >= 4 is 40.1 Å². The van der Waals surface area contributed by atoms with E-state index in [1.54, 1.807) is 11.3 Å². The molecule has 0 bridgehead atoms. The van der Waals surface area contributed by atoms with Crippen LogP contribution in [0, 0.1) is 11.7 Å². The summed E-state index contributed by atoms with van der Waals surface area (Å²) in [6.45, 7) is 2.47. The fraction of sp³-hybridized carbons (Fsp3) is 0.130. The predicted molar refractivity (Wildman–Crippen MR) is 129 cm³/mol. The minimum absolute atomic E-state index is 0.0847. The van der Waals surface area contributed by atoms with Gasteiger partial charge in [-0.1, -0.05) is 35.9 Å². The molecular weight excluding hydrogens is 440 g/mol. The molecule has 0 aliphatic rings. The first-order valence-electron chi connectivity index (χ1n) is 10.1. The average molecular weight is 461 g/mol. The summed E-state index contributed by atoms with van der Waals surface area (Å²) in [6.07, 6.45) is 4.27. The van der Waals surface area contributed by atoms with E-state index >= 15 is 0 Å². The van der Waals surface area contributed by atoms with Crippen LogP contribution in [0.4, 0.5) is 5.69 Å². The Morgan fingerprint density at radius 2 is 2.03 bits per heavy atom. The Morgan fingerprint density at radius 3 is 2.81 bits per heavy atom. The van der Waals surface area contributed by atoms with Gasteiger partial charge in [0.2, 0.25) is 5.91 Å². The van der Waals surface area contributed by atoms with Crippen LogP contribution < -0.4 is 5.32 Å². The van der Waals surface area contributed by atoms with Gasteiger partial charge in [-0.05, 0) is 37.3 Å². The lowest BCUT2D eigenvalue weighted by Gasteiger charge is -2.09. The molecule has 0 aliphatic carbocycles. The van der Waals surface area contributed by atoms with Gasteiger partial charge in [-0.2, -0.15) is 5.10 Å². The highest BCUT2D eigenvalue weighted by Crippen LogP contribution is 2.23. The summed E-state index contributed by atoms with van der Waals surface area (Å²) in [6, 6.07) is 15.8. The second-order valence-corrected chi connectivity index (χ2v) is 8.73. The first-order valence-corrected chi connectivity index (χ1v) is 11.4. The topological polar surface area (TPSA) is 80.0 Å². The molecule has 0 unspecified atom stereocenters. The highest BCUT2D eigenvalue weighted by atomic mass is 32.1. The molecule has 3 aromatic heterocycles. The number of hydrogen-bond acceptors (Lipinski definition) is 5. The van der Waals surface area contributed by atoms with Crippen LogP contribution >= 0.6 is 23.6 Å². The summed E-state index contributed by atoms with van der Waals surface area (Å²) >= 11 is 6.97. The monoisotopic (exact) mass is 460 g/mol. The first kappa shape index (κ1) is 20.3. The number of hydrogen-bond donors (Lipinski definition) is 2. The van der Waals surface area contributed by atoms with Gasteiger partial charge < -0.3 is 5.32 Å². The van der Waals surface area contributed by atoms with Crippen LogP contribution in [0.1, 0.15) is 12.0 Å². The van der Waals surface area contributed by atoms with Gasteiger partial charge >= 0.3 is 0 Å². The van der Waals surface area contributed by atoms with Gasteiger partial charge in [0.25, 0.3) is 0 Å². The van der Waals surface area contributed by atoms with E-state index in [1.165, 1.54) is 0 Å². The van der Waals surface area contributed by atoms with Gasteiger partial charge in [0.05, 0.1) is 5.69 Å². The molecule has 160 valence electrons. The summed E-state index contributed by atoms with van der Waals surface area (Å²) < 4.78 is 4.36. The molecule has 3 heterocycles. The smallest absolute Gasteiger partial charge is 0.226 e. The van der Waals surface area contributed by atoms with Crippen LogP contribution in [-0.2, 0) is 11.3 Å². The molecular formula is C23H20N6OS2. The number of aryl methyl sites for hydroxylation is 1. The largest absolute Gasteiger partial charge is 0.326 e. The molecule has 2 N–H and O–H groups in total. The highest BCUT2D eigenvalue weighted by molar-refractivity contribution is 7.71. The van der Waals surface area contributed by atoms with E-state index in [0.717, 1.165) is 38.9 Å². The van der Waals surface area contributed by atoms with Crippen molar-refractivity contribution in [1.82, 2.24) is 24.1 Å². The Kier molecular flexibility index (Phi) is 5.42. The van der Waals surface area contributed by atoms with Crippen LogP contribution in [0.3, 0.4) is 0 Å². The molecule has 0 aliphatic heterocycles. The normalized spacial score (nSPS) is 11.2. The third kappa shape index (κ3) is 4.12. The number of carbonyl (C=O) groups excluding carboxylic acids is 1. The van der Waals surface area contributed by atoms with E-state index in [9.17, 15) is 4.79 Å². The van der Waals surface area contributed by atoms with Gasteiger partial charge in [-0.25, -0.2) is 4.98 Å². The summed E-state index contributed by atoms with van der Waals surface area (Å²) in [4.78, 5) is 18.1. The number of anilines is 1. The summed E-state index contributed by atoms with van der Waals surface area (Å²) in [5.41, 5.74) is 4.76. The third-order valence-corrected chi connectivity index (χ3v) is 6.24. The molecule has 0 fully saturated rings. The number of aromatic nitrogens is 5. The number of nitrogens with zero attached hydrogens (tertiary/aromatic N) is 4. The first-order chi connectivity index (χ1) is 15.6. The molecule has 1 amide bonds. The third-order valence-electron chi connectivity index (χ3n) is 5.15. The van der Waals surface area contributed by atoms with E-state index in [0.29, 0.717) is 11.3 Å². The van der Waals surface area contributed by atoms with E-state index in [4.69, 9.17) is 12.2 Å². The van der Waals surface area contributed by atoms with Crippen molar-refractivity contribution in [3.8, 4) is 22.6 Å². The molecule has 0 spiro atoms. The maximum atomic E-state index is 12.6. The number of aromatic amines is 1. The van der Waals surface area contributed by atoms with Crippen molar-refractivity contribution < 1.29 is 4.79 Å². The molecule has 2 aromatic carbocycles. The summed E-state index contributed by atoms with van der Waals surface area (Å²) in [5, 5.41) is 12.1. The Balaban J connectivity index is 1.24. The number of H-pyrrole nitrogens is 1. The van der Waals surface area contributed by atoms with E-state index < -0.39 is 0 Å². The van der Waals surface area contributed by atoms with Crippen LogP contribution in [-0.4, -0.2) is 30.1 Å². The number of thiazole rings is 1. The van der Waals surface area contributed by atoms with Gasteiger partial charge in [-0.3, -0.25) is 18.9 Å². The maximum Gasteiger partial charge on any atom is 0.226 e. The second kappa shape index (κ2) is 8.52. The molecule has 9 heteroatoms. The lowest BCUT2D eigenvalue weighted by Crippen LogP contribution is -2.15. The molecule has 32 heavy (non-hydrogen) atoms. The quantitative estimate of drug-likeness (QED) is 0.336. The van der Waals surface area contributed by atoms with Crippen LogP contribution in [0.15, 0.2) is 66.3 Å². The fourth-order valence-corrected chi connectivity index (χ4v) is 4.48. The zero-order valence-corrected chi connectivity index (χ0v) is 18.9. The van der Waals surface area contributed by atoms with Crippen LogP contribution in [0.5, 0.6) is 0 Å². The predicted octanol–water partition coefficient (Wildman–Crippen LogP) is 5.32. The molecule has 0 saturated heterocycles. The van der Waals surface area contributed by atoms with Crippen molar-refractivity contribution in [3.63, 3.8) is 0 Å². The lowest BCUT2D eigenvalue weighted by molar-refractivity contribution is -0.116. The second-order valence-electron chi connectivity index (χ2n) is 7.47. The molecule has 7 nitrogen and oxygen atoms in total. The molecule has 0 saturated carbocycles. The van der Waals surface area contributed by atoms with E-state index in [1.807, 2.05) is 82.2 Å². The van der Waals surface area contributed by atoms with Gasteiger partial charge in [0, 0.05) is 47.6 Å². The maximum absolute atomic E-state index is 12.6. The van der Waals surface area contributed by atoms with Gasteiger partial charge in [0.1, 0.15) is 0 Å². The fourth-order valence-electron chi connectivity index (χ4n) is 3.56. The van der Waals surface area contributed by atoms with Crippen molar-refractivity contribution in [2.45, 2.75) is 19.9 Å². The van der Waals surface area contributed by atoms with E-state index in [-0.39, 0.29) is 12.3 Å². The zero-order valence-electron chi connectivity index (χ0n) is 17.3. The molecule has 5 aromatic rings. The Bertz CT molecular complexity index is 1430. The van der Waals surface area contributed by atoms with Crippen LogP contribution in [0.25, 0.3) is 27.6 Å². The van der Waals surface area contributed by atoms with Crippen molar-refractivity contribution in [3.05, 3.63) is 76.6 Å². The molecule has 0 radical (unpaired) electrons. The number of carbonyl (C=O) groups is 1. The molecule has 5 rings (SSSR count). The number of imidazole rings is 1.